The van der Waals surface area contributed by atoms with Gasteiger partial charge >= 0.3 is 0 Å². The molecule has 6 rings (SSSR count). The van der Waals surface area contributed by atoms with Crippen molar-refractivity contribution in [2.75, 3.05) is 0 Å². The highest BCUT2D eigenvalue weighted by molar-refractivity contribution is 5.87. The second-order valence-corrected chi connectivity index (χ2v) is 12.3. The van der Waals surface area contributed by atoms with Crippen LogP contribution in [-0.4, -0.2) is 19.9 Å². The molecule has 2 heterocycles. The second kappa shape index (κ2) is 8.83. The van der Waals surface area contributed by atoms with Gasteiger partial charge in [0.2, 0.25) is 0 Å². The lowest BCUT2D eigenvalue weighted by Gasteiger charge is -2.31. The maximum Gasteiger partial charge on any atom is 0.138 e. The van der Waals surface area contributed by atoms with E-state index >= 15 is 0 Å². The van der Waals surface area contributed by atoms with Gasteiger partial charge in [0.05, 0.1) is 22.1 Å². The number of nitrogens with one attached hydrogen (secondary N) is 2. The molecule has 0 saturated heterocycles. The number of fused-ring (bicyclic) bond motifs is 2. The molecule has 5 aromatic rings. The zero-order valence-corrected chi connectivity index (χ0v) is 23.2. The number of hydrogen-bond donors (Lipinski definition) is 2. The number of nitrogens with zero attached hydrogens (tertiary/aromatic N) is 2. The molecule has 0 radical (unpaired) electrons. The van der Waals surface area contributed by atoms with Gasteiger partial charge in [0.25, 0.3) is 0 Å². The largest absolute Gasteiger partial charge is 0.341 e. The maximum absolute atomic E-state index is 5.00. The van der Waals surface area contributed by atoms with Gasteiger partial charge < -0.3 is 9.97 Å². The summed E-state index contributed by atoms with van der Waals surface area (Å²) < 4.78 is 0. The molecular weight excluding hydrogens is 464 g/mol. The van der Waals surface area contributed by atoms with Crippen molar-refractivity contribution in [3.63, 3.8) is 0 Å². The van der Waals surface area contributed by atoms with Crippen molar-refractivity contribution in [1.82, 2.24) is 19.9 Å². The fourth-order valence-electron chi connectivity index (χ4n) is 5.39. The lowest BCUT2D eigenvalue weighted by Crippen LogP contribution is -2.29. The van der Waals surface area contributed by atoms with Crippen molar-refractivity contribution in [2.45, 2.75) is 58.8 Å². The maximum atomic E-state index is 5.00. The summed E-state index contributed by atoms with van der Waals surface area (Å²) in [6.45, 7) is 13.4. The van der Waals surface area contributed by atoms with E-state index in [0.717, 1.165) is 56.8 Å². The Balaban J connectivity index is 1.30. The molecule has 0 bridgehead atoms. The molecule has 0 saturated carbocycles. The summed E-state index contributed by atoms with van der Waals surface area (Å²) in [7, 11) is 0. The van der Waals surface area contributed by atoms with Crippen molar-refractivity contribution < 1.29 is 0 Å². The minimum Gasteiger partial charge on any atom is -0.341 e. The molecule has 1 atom stereocenters. The Labute approximate surface area is 224 Å². The molecule has 0 aliphatic heterocycles. The van der Waals surface area contributed by atoms with Crippen LogP contribution in [0.25, 0.3) is 44.6 Å². The molecule has 1 aliphatic carbocycles. The highest BCUT2D eigenvalue weighted by Crippen LogP contribution is 2.37. The average Bonchev–Trinajstić information content (AvgIpc) is 3.52. The van der Waals surface area contributed by atoms with Gasteiger partial charge in [-0.15, -0.1) is 0 Å². The molecule has 0 fully saturated rings. The zero-order chi connectivity index (χ0) is 26.7. The molecule has 4 nitrogen and oxygen atoms in total. The number of rotatable bonds is 4. The molecule has 1 aliphatic rings. The third kappa shape index (κ3) is 4.38. The van der Waals surface area contributed by atoms with Gasteiger partial charge in [-0.3, -0.25) is 0 Å². The molecule has 2 aromatic heterocycles. The predicted octanol–water partition coefficient (Wildman–Crippen LogP) is 8.87. The Morgan fingerprint density at radius 3 is 1.95 bits per heavy atom. The first-order valence-electron chi connectivity index (χ1n) is 13.5. The lowest BCUT2D eigenvalue weighted by molar-refractivity contribution is 0.364. The number of aromatic amines is 2. The van der Waals surface area contributed by atoms with Gasteiger partial charge in [0.1, 0.15) is 11.6 Å². The number of hydrogen-bond acceptors (Lipinski definition) is 2. The highest BCUT2D eigenvalue weighted by atomic mass is 14.9. The predicted molar refractivity (Wildman–Crippen MR) is 159 cm³/mol. The van der Waals surface area contributed by atoms with Crippen LogP contribution in [0, 0.1) is 5.92 Å². The van der Waals surface area contributed by atoms with Gasteiger partial charge in [-0.1, -0.05) is 94.8 Å². The van der Waals surface area contributed by atoms with Gasteiger partial charge in [0.15, 0.2) is 0 Å². The number of aromatic nitrogens is 4. The van der Waals surface area contributed by atoms with E-state index in [1.807, 2.05) is 0 Å². The fraction of sp³-hybridized carbons (Fsp3) is 0.294. The summed E-state index contributed by atoms with van der Waals surface area (Å²) in [5.41, 5.74) is 10.2. The van der Waals surface area contributed by atoms with Gasteiger partial charge in [-0.05, 0) is 65.6 Å². The monoisotopic (exact) mass is 500 g/mol. The van der Waals surface area contributed by atoms with Gasteiger partial charge in [0, 0.05) is 11.0 Å². The van der Waals surface area contributed by atoms with Crippen LogP contribution in [0.5, 0.6) is 0 Å². The summed E-state index contributed by atoms with van der Waals surface area (Å²) in [6, 6.07) is 21.7. The summed E-state index contributed by atoms with van der Waals surface area (Å²) in [6.07, 6.45) is 7.94. The van der Waals surface area contributed by atoms with Crippen molar-refractivity contribution in [1.29, 1.82) is 0 Å². The Hall–Kier alpha value is -3.92. The van der Waals surface area contributed by atoms with Crippen LogP contribution in [0.4, 0.5) is 0 Å². The van der Waals surface area contributed by atoms with E-state index in [2.05, 4.69) is 130 Å². The van der Waals surface area contributed by atoms with Gasteiger partial charge in [-0.2, -0.15) is 0 Å². The molecule has 0 amide bonds. The molecule has 1 unspecified atom stereocenters. The molecule has 0 spiro atoms. The number of H-pyrrole nitrogens is 2. The Morgan fingerprint density at radius 1 is 0.737 bits per heavy atom. The summed E-state index contributed by atoms with van der Waals surface area (Å²) in [4.78, 5) is 17.0. The Morgan fingerprint density at radius 2 is 1.34 bits per heavy atom. The molecule has 3 aromatic carbocycles. The van der Waals surface area contributed by atoms with Crippen LogP contribution in [0.1, 0.15) is 59.4 Å². The van der Waals surface area contributed by atoms with Crippen molar-refractivity contribution >= 4 is 22.1 Å². The first kappa shape index (κ1) is 24.4. The minimum atomic E-state index is -0.0802. The first-order valence-corrected chi connectivity index (χ1v) is 13.5. The highest BCUT2D eigenvalue weighted by Gasteiger charge is 2.32. The van der Waals surface area contributed by atoms with Gasteiger partial charge in [-0.25, -0.2) is 9.97 Å². The van der Waals surface area contributed by atoms with Crippen LogP contribution in [0.3, 0.4) is 0 Å². The SMILES string of the molecule is CC1=CCC(C(C)(C)c2nc3ccc(-c4ccc5nc(-c6ccc(C(C)(C)C)cc6)[nH]c5c4)cc3[nH]2)C=C1. The fourth-order valence-corrected chi connectivity index (χ4v) is 5.39. The number of imidazole rings is 2. The van der Waals surface area contributed by atoms with Crippen LogP contribution < -0.4 is 0 Å². The van der Waals surface area contributed by atoms with Crippen LogP contribution in [0.2, 0.25) is 0 Å². The van der Waals surface area contributed by atoms with Crippen LogP contribution in [0.15, 0.2) is 84.5 Å². The van der Waals surface area contributed by atoms with E-state index in [-0.39, 0.29) is 10.8 Å². The van der Waals surface area contributed by atoms with Crippen molar-refractivity contribution in [2.24, 2.45) is 5.92 Å². The zero-order valence-electron chi connectivity index (χ0n) is 23.2. The normalized spacial score (nSPS) is 16.4. The Bertz CT molecular complexity index is 1700. The summed E-state index contributed by atoms with van der Waals surface area (Å²) in [5, 5.41) is 0. The summed E-state index contributed by atoms with van der Waals surface area (Å²) >= 11 is 0. The van der Waals surface area contributed by atoms with E-state index in [1.165, 1.54) is 11.1 Å². The third-order valence-electron chi connectivity index (χ3n) is 8.14. The van der Waals surface area contributed by atoms with E-state index in [0.29, 0.717) is 5.92 Å². The smallest absolute Gasteiger partial charge is 0.138 e. The Kier molecular flexibility index (Phi) is 5.68. The quantitative estimate of drug-likeness (QED) is 0.259. The van der Waals surface area contributed by atoms with E-state index in [9.17, 15) is 0 Å². The topological polar surface area (TPSA) is 57.4 Å². The molecular formula is C34H36N4. The first-order chi connectivity index (χ1) is 18.1. The molecule has 38 heavy (non-hydrogen) atoms. The minimum absolute atomic E-state index is 0.0802. The van der Waals surface area contributed by atoms with Crippen molar-refractivity contribution in [3.05, 3.63) is 95.9 Å². The number of allylic oxidation sites excluding steroid dienone is 4. The van der Waals surface area contributed by atoms with Crippen molar-refractivity contribution in [3.8, 4) is 22.5 Å². The van der Waals surface area contributed by atoms with E-state index in [4.69, 9.17) is 9.97 Å². The van der Waals surface area contributed by atoms with E-state index < -0.39 is 0 Å². The number of benzene rings is 3. The third-order valence-corrected chi connectivity index (χ3v) is 8.14. The van der Waals surface area contributed by atoms with E-state index in [1.54, 1.807) is 0 Å². The average molecular weight is 501 g/mol. The summed E-state index contributed by atoms with van der Waals surface area (Å²) in [5.74, 6) is 2.36. The lowest BCUT2D eigenvalue weighted by atomic mass is 9.74. The molecule has 4 heteroatoms. The standard InChI is InChI=1S/C34H36N4/c1-21-7-13-26(14-8-21)34(5,6)32-37-28-18-12-24(20-30(28)38-32)23-11-17-27-29(19-23)36-31(35-27)22-9-15-25(16-10-22)33(2,3)4/h7-13,15-20,26H,14H2,1-6H3,(H,35,36)(H,37,38). The molecule has 2 N–H and O–H groups in total. The van der Waals surface area contributed by atoms with Crippen LogP contribution >= 0.6 is 0 Å². The molecule has 192 valence electrons. The second-order valence-electron chi connectivity index (χ2n) is 12.3. The van der Waals surface area contributed by atoms with Crippen LogP contribution in [-0.2, 0) is 10.8 Å².